The second-order valence-corrected chi connectivity index (χ2v) is 5.22. The Bertz CT molecular complexity index is 645. The molecule has 0 aliphatic heterocycles. The van der Waals surface area contributed by atoms with Gasteiger partial charge in [0.05, 0.1) is 16.8 Å². The fourth-order valence-corrected chi connectivity index (χ4v) is 2.71. The lowest BCUT2D eigenvalue weighted by molar-refractivity contribution is 0.341. The van der Waals surface area contributed by atoms with Crippen LogP contribution in [0.15, 0.2) is 23.2 Å². The van der Waals surface area contributed by atoms with E-state index in [0.29, 0.717) is 16.9 Å². The van der Waals surface area contributed by atoms with E-state index in [1.165, 1.54) is 23.1 Å². The molecule has 2 rings (SSSR count). The minimum absolute atomic E-state index is 0.534. The van der Waals surface area contributed by atoms with Crippen LogP contribution in [0.25, 0.3) is 10.2 Å². The van der Waals surface area contributed by atoms with E-state index in [9.17, 15) is 0 Å². The van der Waals surface area contributed by atoms with Crippen LogP contribution in [0.3, 0.4) is 0 Å². The summed E-state index contributed by atoms with van der Waals surface area (Å²) in [4.78, 5) is 8.69. The second kappa shape index (κ2) is 6.41. The molecule has 98 valence electrons. The summed E-state index contributed by atoms with van der Waals surface area (Å²) in [7, 11) is 0. The number of nitrogens with one attached hydrogen (secondary N) is 1. The number of rotatable bonds is 3. The highest BCUT2D eigenvalue weighted by Crippen LogP contribution is 2.31. The molecule has 1 aromatic carbocycles. The number of thiazole rings is 1. The lowest BCUT2D eigenvalue weighted by atomic mass is 10.3. The van der Waals surface area contributed by atoms with Crippen LogP contribution >= 0.6 is 23.1 Å². The van der Waals surface area contributed by atoms with Crippen molar-refractivity contribution in [3.8, 4) is 11.9 Å². The molecule has 0 unspecified atom stereocenters. The first-order valence-corrected chi connectivity index (χ1v) is 7.62. The maximum atomic E-state index is 8.59. The lowest BCUT2D eigenvalue weighted by Crippen LogP contribution is -2.12. The van der Waals surface area contributed by atoms with Gasteiger partial charge in [0.15, 0.2) is 11.4 Å². The fourth-order valence-electron chi connectivity index (χ4n) is 1.46. The maximum Gasteiger partial charge on any atom is 0.212 e. The van der Waals surface area contributed by atoms with Crippen LogP contribution in [0.1, 0.15) is 6.92 Å². The van der Waals surface area contributed by atoms with Crippen molar-refractivity contribution in [3.63, 3.8) is 0 Å². The summed E-state index contributed by atoms with van der Waals surface area (Å²) >= 11 is 2.83. The molecule has 1 heterocycles. The summed E-state index contributed by atoms with van der Waals surface area (Å²) in [6, 6.07) is 5.75. The molecule has 0 saturated carbocycles. The normalized spacial score (nSPS) is 11.3. The van der Waals surface area contributed by atoms with Gasteiger partial charge < -0.3 is 4.74 Å². The van der Waals surface area contributed by atoms with E-state index in [2.05, 4.69) is 15.3 Å². The van der Waals surface area contributed by atoms with Gasteiger partial charge in [-0.1, -0.05) is 23.1 Å². The van der Waals surface area contributed by atoms with Gasteiger partial charge in [-0.2, -0.15) is 10.3 Å². The van der Waals surface area contributed by atoms with Gasteiger partial charge >= 0.3 is 0 Å². The van der Waals surface area contributed by atoms with E-state index >= 15 is 0 Å². The van der Waals surface area contributed by atoms with Crippen molar-refractivity contribution in [2.75, 3.05) is 12.9 Å². The SMILES string of the molecule is CCOc1ccc2nc(/N=C(\NC#N)SC)sc2c1. The Hall–Kier alpha value is -1.78. The molecule has 0 aliphatic rings. The number of nitriles is 1. The number of hydrogen-bond acceptors (Lipinski definition) is 6. The van der Waals surface area contributed by atoms with Crippen molar-refractivity contribution >= 4 is 43.6 Å². The van der Waals surface area contributed by atoms with Crippen molar-refractivity contribution in [1.29, 1.82) is 5.26 Å². The highest BCUT2D eigenvalue weighted by molar-refractivity contribution is 8.13. The molecule has 0 amide bonds. The number of amidine groups is 1. The topological polar surface area (TPSA) is 70.3 Å². The summed E-state index contributed by atoms with van der Waals surface area (Å²) in [5.41, 5.74) is 0.879. The second-order valence-electron chi connectivity index (χ2n) is 3.42. The highest BCUT2D eigenvalue weighted by Gasteiger charge is 2.06. The number of hydrogen-bond donors (Lipinski definition) is 1. The van der Waals surface area contributed by atoms with Gasteiger partial charge in [-0.15, -0.1) is 0 Å². The summed E-state index contributed by atoms with van der Waals surface area (Å²) in [5, 5.41) is 12.3. The molecule has 0 bridgehead atoms. The van der Waals surface area contributed by atoms with E-state index in [-0.39, 0.29) is 0 Å². The maximum absolute atomic E-state index is 8.59. The molecule has 0 atom stereocenters. The molecule has 0 fully saturated rings. The lowest BCUT2D eigenvalue weighted by Gasteiger charge is -2.00. The van der Waals surface area contributed by atoms with Crippen LogP contribution in [0.5, 0.6) is 5.75 Å². The van der Waals surface area contributed by atoms with Gasteiger partial charge in [-0.25, -0.2) is 4.98 Å². The number of nitrogens with zero attached hydrogens (tertiary/aromatic N) is 3. The molecule has 0 radical (unpaired) electrons. The molecule has 2 aromatic rings. The smallest absolute Gasteiger partial charge is 0.212 e. The Kier molecular flexibility index (Phi) is 4.60. The van der Waals surface area contributed by atoms with Crippen molar-refractivity contribution in [2.24, 2.45) is 4.99 Å². The molecule has 0 aliphatic carbocycles. The van der Waals surface area contributed by atoms with Gasteiger partial charge in [-0.3, -0.25) is 5.32 Å². The Labute approximate surface area is 119 Å². The zero-order chi connectivity index (χ0) is 13.7. The molecular formula is C12H12N4OS2. The fraction of sp³-hybridized carbons (Fsp3) is 0.250. The standard InChI is InChI=1S/C12H12N4OS2/c1-3-17-8-4-5-9-10(6-8)19-12(15-9)16-11(18-2)14-7-13/h4-6H,3H2,1-2H3,(H,14,15,16). The van der Waals surface area contributed by atoms with Crippen molar-refractivity contribution < 1.29 is 4.74 Å². The van der Waals surface area contributed by atoms with Crippen LogP contribution in [-0.2, 0) is 0 Å². The third kappa shape index (κ3) is 3.36. The minimum Gasteiger partial charge on any atom is -0.494 e. The molecule has 1 N–H and O–H groups in total. The monoisotopic (exact) mass is 292 g/mol. The Balaban J connectivity index is 2.33. The highest BCUT2D eigenvalue weighted by atomic mass is 32.2. The molecule has 0 spiro atoms. The van der Waals surface area contributed by atoms with Crippen LogP contribution < -0.4 is 10.1 Å². The predicted octanol–water partition coefficient (Wildman–Crippen LogP) is 3.12. The van der Waals surface area contributed by atoms with Crippen LogP contribution in [0.4, 0.5) is 5.13 Å². The molecule has 5 nitrogen and oxygen atoms in total. The van der Waals surface area contributed by atoms with Crippen LogP contribution in [0.2, 0.25) is 0 Å². The number of benzene rings is 1. The molecular weight excluding hydrogens is 280 g/mol. The zero-order valence-electron chi connectivity index (χ0n) is 10.5. The number of aromatic nitrogens is 1. The first kappa shape index (κ1) is 13.6. The molecule has 0 saturated heterocycles. The van der Waals surface area contributed by atoms with Gasteiger partial charge in [0.25, 0.3) is 0 Å². The van der Waals surface area contributed by atoms with Gasteiger partial charge in [-0.05, 0) is 31.4 Å². The van der Waals surface area contributed by atoms with Gasteiger partial charge in [0.1, 0.15) is 5.75 Å². The Morgan fingerprint density at radius 2 is 2.47 bits per heavy atom. The number of aliphatic imine (C=N–C) groups is 1. The third-order valence-corrected chi connectivity index (χ3v) is 3.71. The number of thioether (sulfide) groups is 1. The van der Waals surface area contributed by atoms with E-state index in [0.717, 1.165) is 16.0 Å². The van der Waals surface area contributed by atoms with Crippen LogP contribution in [-0.4, -0.2) is 23.0 Å². The molecule has 7 heteroatoms. The van der Waals surface area contributed by atoms with E-state index < -0.39 is 0 Å². The average molecular weight is 292 g/mol. The van der Waals surface area contributed by atoms with Gasteiger partial charge in [0.2, 0.25) is 5.13 Å². The first-order chi connectivity index (χ1) is 9.26. The third-order valence-electron chi connectivity index (χ3n) is 2.21. The number of fused-ring (bicyclic) bond motifs is 1. The quantitative estimate of drug-likeness (QED) is 0.407. The molecule has 19 heavy (non-hydrogen) atoms. The van der Waals surface area contributed by atoms with E-state index in [1.807, 2.05) is 37.6 Å². The minimum atomic E-state index is 0.534. The summed E-state index contributed by atoms with van der Waals surface area (Å²) in [5.74, 6) is 0.828. The van der Waals surface area contributed by atoms with Crippen molar-refractivity contribution in [3.05, 3.63) is 18.2 Å². The molecule has 1 aromatic heterocycles. The number of ether oxygens (including phenoxy) is 1. The van der Waals surface area contributed by atoms with Crippen molar-refractivity contribution in [2.45, 2.75) is 6.92 Å². The first-order valence-electron chi connectivity index (χ1n) is 5.58. The summed E-state index contributed by atoms with van der Waals surface area (Å²) in [6.45, 7) is 2.59. The average Bonchev–Trinajstić information content (AvgIpc) is 2.80. The Morgan fingerprint density at radius 3 is 3.16 bits per heavy atom. The van der Waals surface area contributed by atoms with Gasteiger partial charge in [0, 0.05) is 0 Å². The summed E-state index contributed by atoms with van der Waals surface area (Å²) < 4.78 is 6.46. The van der Waals surface area contributed by atoms with Crippen molar-refractivity contribution in [1.82, 2.24) is 10.3 Å². The summed E-state index contributed by atoms with van der Waals surface area (Å²) in [6.07, 6.45) is 3.70. The van der Waals surface area contributed by atoms with E-state index in [4.69, 9.17) is 10.00 Å². The largest absolute Gasteiger partial charge is 0.494 e. The Morgan fingerprint density at radius 1 is 1.63 bits per heavy atom. The zero-order valence-corrected chi connectivity index (χ0v) is 12.1. The van der Waals surface area contributed by atoms with Crippen LogP contribution in [0, 0.1) is 11.5 Å². The van der Waals surface area contributed by atoms with E-state index in [1.54, 1.807) is 0 Å². The predicted molar refractivity (Wildman–Crippen MR) is 80.1 cm³/mol.